The topological polar surface area (TPSA) is 45.8 Å². The molecule has 0 saturated heterocycles. The van der Waals surface area contributed by atoms with Gasteiger partial charge in [-0.1, -0.05) is 6.92 Å². The van der Waals surface area contributed by atoms with Gasteiger partial charge in [0, 0.05) is 24.1 Å². The van der Waals surface area contributed by atoms with Crippen LogP contribution in [-0.2, 0) is 6.42 Å². The van der Waals surface area contributed by atoms with Crippen LogP contribution in [0.5, 0.6) is 0 Å². The summed E-state index contributed by atoms with van der Waals surface area (Å²) in [6, 6.07) is 0. The van der Waals surface area contributed by atoms with Crippen molar-refractivity contribution in [2.24, 2.45) is 11.8 Å². The number of H-pyrrole nitrogens is 1. The van der Waals surface area contributed by atoms with Gasteiger partial charge >= 0.3 is 0 Å². The number of aromatic amines is 1. The van der Waals surface area contributed by atoms with Crippen molar-refractivity contribution in [2.45, 2.75) is 26.2 Å². The molecule has 1 heterocycles. The summed E-state index contributed by atoms with van der Waals surface area (Å²) in [6.45, 7) is 3.86. The first-order valence-corrected chi connectivity index (χ1v) is 4.78. The van der Waals surface area contributed by atoms with Gasteiger partial charge in [-0.05, 0) is 18.3 Å². The lowest BCUT2D eigenvalue weighted by Gasteiger charge is -1.97. The molecule has 3 atom stereocenters. The second-order valence-corrected chi connectivity index (χ2v) is 4.27. The molecule has 0 spiro atoms. The van der Waals surface area contributed by atoms with E-state index >= 15 is 0 Å². The third-order valence-electron chi connectivity index (χ3n) is 3.57. The molecule has 1 saturated carbocycles. The molecule has 0 aromatic carbocycles. The quantitative estimate of drug-likeness (QED) is 0.659. The van der Waals surface area contributed by atoms with E-state index in [1.54, 1.807) is 6.92 Å². The van der Waals surface area contributed by atoms with Crippen LogP contribution < -0.4 is 0 Å². The molecule has 2 aliphatic rings. The summed E-state index contributed by atoms with van der Waals surface area (Å²) >= 11 is 0. The number of carbonyl (C=O) groups excluding carboxylic acids is 1. The summed E-state index contributed by atoms with van der Waals surface area (Å²) in [5, 5.41) is 7.09. The lowest BCUT2D eigenvalue weighted by atomic mass is 10.1. The number of ketones is 1. The Balaban J connectivity index is 2.08. The molecule has 0 radical (unpaired) electrons. The van der Waals surface area contributed by atoms with Crippen LogP contribution in [0.3, 0.4) is 0 Å². The van der Waals surface area contributed by atoms with Gasteiger partial charge in [-0.2, -0.15) is 5.10 Å². The first kappa shape index (κ1) is 7.30. The third-order valence-corrected chi connectivity index (χ3v) is 3.57. The van der Waals surface area contributed by atoms with E-state index in [0.717, 1.165) is 18.3 Å². The summed E-state index contributed by atoms with van der Waals surface area (Å²) in [7, 11) is 0. The third kappa shape index (κ3) is 0.747. The zero-order valence-electron chi connectivity index (χ0n) is 7.79. The van der Waals surface area contributed by atoms with Crippen molar-refractivity contribution in [2.75, 3.05) is 0 Å². The highest BCUT2D eigenvalue weighted by Gasteiger charge is 2.54. The molecule has 1 aromatic heterocycles. The normalized spacial score (nSPS) is 34.2. The Morgan fingerprint density at radius 1 is 1.62 bits per heavy atom. The second kappa shape index (κ2) is 2.03. The predicted molar refractivity (Wildman–Crippen MR) is 47.7 cm³/mol. The minimum absolute atomic E-state index is 0.0893. The molecule has 3 nitrogen and oxygen atoms in total. The maximum absolute atomic E-state index is 11.2. The molecule has 2 aliphatic carbocycles. The lowest BCUT2D eigenvalue weighted by Crippen LogP contribution is -1.99. The number of nitrogens with one attached hydrogen (secondary N) is 1. The smallest absolute Gasteiger partial charge is 0.180 e. The molecule has 3 rings (SSSR count). The van der Waals surface area contributed by atoms with Crippen LogP contribution in [0.2, 0.25) is 0 Å². The van der Waals surface area contributed by atoms with E-state index in [9.17, 15) is 4.79 Å². The van der Waals surface area contributed by atoms with Crippen LogP contribution in [0.25, 0.3) is 0 Å². The second-order valence-electron chi connectivity index (χ2n) is 4.27. The van der Waals surface area contributed by atoms with E-state index in [0.29, 0.717) is 11.6 Å². The van der Waals surface area contributed by atoms with E-state index in [1.165, 1.54) is 11.3 Å². The van der Waals surface area contributed by atoms with E-state index in [2.05, 4.69) is 17.1 Å². The standard InChI is InChI=1S/C10H12N2O/c1-4-6-3-7-9(5(2)13)11-12-10(7)8(4)6/h4,6,8H,3H2,1-2H3,(H,11,12)/t4-,6+,8-/m1/s1. The Hall–Kier alpha value is -1.12. The van der Waals surface area contributed by atoms with Crippen molar-refractivity contribution in [1.29, 1.82) is 0 Å². The van der Waals surface area contributed by atoms with E-state index < -0.39 is 0 Å². The zero-order valence-corrected chi connectivity index (χ0v) is 7.79. The highest BCUT2D eigenvalue weighted by molar-refractivity contribution is 5.94. The fourth-order valence-corrected chi connectivity index (χ4v) is 2.72. The number of rotatable bonds is 1. The van der Waals surface area contributed by atoms with E-state index in [4.69, 9.17) is 0 Å². The molecular formula is C10H12N2O. The van der Waals surface area contributed by atoms with Gasteiger partial charge in [0.2, 0.25) is 0 Å². The number of fused-ring (bicyclic) bond motifs is 3. The molecule has 0 unspecified atom stereocenters. The van der Waals surface area contributed by atoms with E-state index in [-0.39, 0.29) is 5.78 Å². The van der Waals surface area contributed by atoms with Gasteiger partial charge in [0.05, 0.1) is 0 Å². The van der Waals surface area contributed by atoms with Crippen LogP contribution in [0.15, 0.2) is 0 Å². The monoisotopic (exact) mass is 176 g/mol. The van der Waals surface area contributed by atoms with Gasteiger partial charge in [-0.15, -0.1) is 0 Å². The van der Waals surface area contributed by atoms with E-state index in [1.807, 2.05) is 0 Å². The van der Waals surface area contributed by atoms with Crippen LogP contribution in [0.1, 0.15) is 41.5 Å². The van der Waals surface area contributed by atoms with Gasteiger partial charge in [-0.25, -0.2) is 0 Å². The molecule has 1 fully saturated rings. The molecule has 0 amide bonds. The fraction of sp³-hybridized carbons (Fsp3) is 0.600. The minimum Gasteiger partial charge on any atom is -0.293 e. The minimum atomic E-state index is 0.0893. The van der Waals surface area contributed by atoms with Crippen molar-refractivity contribution in [3.05, 3.63) is 17.0 Å². The molecule has 0 bridgehead atoms. The maximum Gasteiger partial charge on any atom is 0.180 e. The Morgan fingerprint density at radius 3 is 3.08 bits per heavy atom. The Labute approximate surface area is 76.5 Å². The first-order valence-electron chi connectivity index (χ1n) is 4.78. The number of Topliss-reactive ketones (excluding diaryl/α,β-unsaturated/α-hetero) is 1. The largest absolute Gasteiger partial charge is 0.293 e. The summed E-state index contributed by atoms with van der Waals surface area (Å²) in [4.78, 5) is 11.2. The Kier molecular flexibility index (Phi) is 1.14. The number of hydrogen-bond donors (Lipinski definition) is 1. The van der Waals surface area contributed by atoms with Crippen molar-refractivity contribution >= 4 is 5.78 Å². The van der Waals surface area contributed by atoms with Crippen LogP contribution in [-0.4, -0.2) is 16.0 Å². The molecule has 1 aromatic rings. The maximum atomic E-state index is 11.2. The summed E-state index contributed by atoms with van der Waals surface area (Å²) in [6.07, 6.45) is 1.06. The lowest BCUT2D eigenvalue weighted by molar-refractivity contribution is 0.101. The van der Waals surface area contributed by atoms with Gasteiger partial charge in [0.25, 0.3) is 0 Å². The van der Waals surface area contributed by atoms with Crippen molar-refractivity contribution < 1.29 is 4.79 Å². The molecule has 13 heavy (non-hydrogen) atoms. The van der Waals surface area contributed by atoms with Crippen LogP contribution >= 0.6 is 0 Å². The fourth-order valence-electron chi connectivity index (χ4n) is 2.72. The first-order chi connectivity index (χ1) is 6.20. The van der Waals surface area contributed by atoms with Gasteiger partial charge < -0.3 is 0 Å². The van der Waals surface area contributed by atoms with Crippen molar-refractivity contribution in [3.8, 4) is 0 Å². The highest BCUT2D eigenvalue weighted by atomic mass is 16.1. The number of nitrogens with zero attached hydrogens (tertiary/aromatic N) is 1. The molecular weight excluding hydrogens is 164 g/mol. The van der Waals surface area contributed by atoms with Gasteiger partial charge in [0.15, 0.2) is 5.78 Å². The number of aromatic nitrogens is 2. The van der Waals surface area contributed by atoms with Crippen molar-refractivity contribution in [1.82, 2.24) is 10.2 Å². The molecule has 0 aliphatic heterocycles. The van der Waals surface area contributed by atoms with Crippen LogP contribution in [0, 0.1) is 11.8 Å². The number of carbonyl (C=O) groups is 1. The highest BCUT2D eigenvalue weighted by Crippen LogP contribution is 2.60. The number of hydrogen-bond acceptors (Lipinski definition) is 2. The summed E-state index contributed by atoms with van der Waals surface area (Å²) in [5.74, 6) is 2.36. The summed E-state index contributed by atoms with van der Waals surface area (Å²) < 4.78 is 0. The van der Waals surface area contributed by atoms with Gasteiger partial charge in [-0.3, -0.25) is 9.89 Å². The SMILES string of the molecule is CC(=O)c1n[nH]c2c1C[C@H]1[C@@H](C)[C@@H]21. The molecule has 1 N–H and O–H groups in total. The Bertz CT molecular complexity index is 394. The van der Waals surface area contributed by atoms with Crippen molar-refractivity contribution in [3.63, 3.8) is 0 Å². The average Bonchev–Trinajstić information content (AvgIpc) is 2.49. The molecule has 3 heteroatoms. The van der Waals surface area contributed by atoms with Crippen LogP contribution in [0.4, 0.5) is 0 Å². The zero-order chi connectivity index (χ0) is 9.16. The Morgan fingerprint density at radius 2 is 2.38 bits per heavy atom. The summed E-state index contributed by atoms with van der Waals surface area (Å²) in [5.41, 5.74) is 3.11. The predicted octanol–water partition coefficient (Wildman–Crippen LogP) is 1.52. The molecule has 68 valence electrons. The van der Waals surface area contributed by atoms with Gasteiger partial charge in [0.1, 0.15) is 5.69 Å². The average molecular weight is 176 g/mol.